The van der Waals surface area contributed by atoms with Gasteiger partial charge in [0.15, 0.2) is 6.61 Å². The van der Waals surface area contributed by atoms with Gasteiger partial charge in [0.25, 0.3) is 5.91 Å². The summed E-state index contributed by atoms with van der Waals surface area (Å²) in [5.41, 5.74) is -0.0619. The number of amides is 4. The summed E-state index contributed by atoms with van der Waals surface area (Å²) in [6.45, 7) is 5.78. The number of fused-ring (bicyclic) bond motifs is 2. The Morgan fingerprint density at radius 2 is 1.60 bits per heavy atom. The van der Waals surface area contributed by atoms with Crippen LogP contribution in [0, 0.1) is 6.92 Å². The van der Waals surface area contributed by atoms with E-state index in [2.05, 4.69) is 15.5 Å². The Hall–Kier alpha value is -3.69. The molecule has 4 saturated heterocycles. The molecule has 2 atom stereocenters. The molecule has 7 aliphatic heterocycles. The van der Waals surface area contributed by atoms with Gasteiger partial charge in [-0.3, -0.25) is 24.1 Å². The van der Waals surface area contributed by atoms with E-state index in [-0.39, 0.29) is 86.0 Å². The average molecular weight is 810 g/mol. The Balaban J connectivity index is 0.990. The first-order valence-electron chi connectivity index (χ1n) is 21.1. The first-order chi connectivity index (χ1) is 27.4. The number of ether oxygens (including phenoxy) is 1. The molecular weight excluding hydrogens is 753 g/mol. The van der Waals surface area contributed by atoms with Crippen molar-refractivity contribution in [3.8, 4) is 5.75 Å². The van der Waals surface area contributed by atoms with Crippen LogP contribution in [0.4, 0.5) is 8.78 Å². The lowest BCUT2D eigenvalue weighted by molar-refractivity contribution is -0.141. The minimum atomic E-state index is -2.59. The van der Waals surface area contributed by atoms with Crippen molar-refractivity contribution in [1.29, 1.82) is 0 Å². The number of halogens is 2. The van der Waals surface area contributed by atoms with Gasteiger partial charge in [0.1, 0.15) is 5.75 Å². The summed E-state index contributed by atoms with van der Waals surface area (Å²) >= 11 is 1.63. The molecule has 4 amide bonds. The van der Waals surface area contributed by atoms with Crippen LogP contribution in [-0.4, -0.2) is 136 Å². The van der Waals surface area contributed by atoms with Gasteiger partial charge in [0.05, 0.1) is 35.1 Å². The van der Waals surface area contributed by atoms with E-state index in [0.29, 0.717) is 83.7 Å². The molecule has 15 heteroatoms. The zero-order valence-electron chi connectivity index (χ0n) is 33.1. The number of alkyl halides is 2. The van der Waals surface area contributed by atoms with Gasteiger partial charge in [0, 0.05) is 87.6 Å². The summed E-state index contributed by atoms with van der Waals surface area (Å²) in [5, 5.41) is 7.99. The number of aromatic nitrogens is 1. The molecule has 1 aromatic carbocycles. The Morgan fingerprint density at radius 3 is 2.30 bits per heavy atom. The molecule has 10 rings (SSSR count). The van der Waals surface area contributed by atoms with E-state index in [1.54, 1.807) is 16.2 Å². The molecule has 6 bridgehead atoms. The van der Waals surface area contributed by atoms with Crippen LogP contribution in [0.2, 0.25) is 0 Å². The van der Waals surface area contributed by atoms with Crippen LogP contribution in [-0.2, 0) is 25.6 Å². The molecule has 310 valence electrons. The van der Waals surface area contributed by atoms with Gasteiger partial charge in [-0.05, 0) is 76.8 Å². The van der Waals surface area contributed by atoms with Crippen molar-refractivity contribution < 1.29 is 32.7 Å². The van der Waals surface area contributed by atoms with Gasteiger partial charge >= 0.3 is 0 Å². The van der Waals surface area contributed by atoms with E-state index in [4.69, 9.17) is 9.72 Å². The third kappa shape index (κ3) is 9.30. The first kappa shape index (κ1) is 40.1. The Bertz CT molecular complexity index is 1760. The molecule has 1 spiro atoms. The number of piperidine rings is 3. The summed E-state index contributed by atoms with van der Waals surface area (Å²) in [6, 6.07) is 9.11. The highest BCUT2D eigenvalue weighted by Crippen LogP contribution is 2.37. The van der Waals surface area contributed by atoms with Gasteiger partial charge < -0.3 is 30.1 Å². The molecule has 8 heterocycles. The predicted molar refractivity (Wildman–Crippen MR) is 211 cm³/mol. The number of carbonyl (C=O) groups is 4. The minimum absolute atomic E-state index is 0.0198. The van der Waals surface area contributed by atoms with Gasteiger partial charge in [-0.1, -0.05) is 18.2 Å². The highest BCUT2D eigenvalue weighted by Gasteiger charge is 2.46. The number of nitrogens with one attached hydrogen (secondary N) is 2. The summed E-state index contributed by atoms with van der Waals surface area (Å²) < 4.78 is 33.7. The number of thiazole rings is 1. The lowest BCUT2D eigenvalue weighted by Crippen LogP contribution is -2.59. The molecule has 1 aromatic heterocycles. The van der Waals surface area contributed by atoms with Crippen molar-refractivity contribution in [2.45, 2.75) is 132 Å². The normalized spacial score (nSPS) is 26.9. The van der Waals surface area contributed by atoms with Crippen molar-refractivity contribution in [2.24, 2.45) is 0 Å². The maximum Gasteiger partial charge on any atom is 0.260 e. The van der Waals surface area contributed by atoms with Crippen molar-refractivity contribution >= 4 is 35.0 Å². The summed E-state index contributed by atoms with van der Waals surface area (Å²) in [4.78, 5) is 69.6. The Labute approximate surface area is 338 Å². The second-order valence-corrected chi connectivity index (χ2v) is 18.6. The number of likely N-dealkylation sites (tertiary alicyclic amines) is 1. The topological polar surface area (TPSA) is 127 Å². The molecule has 12 nitrogen and oxygen atoms in total. The fourth-order valence-electron chi connectivity index (χ4n) is 10.1. The largest absolute Gasteiger partial charge is 0.484 e. The molecule has 0 unspecified atom stereocenters. The SMILES string of the molecule is Cc1sc2nc1CC(=O)NC1(CCN(C(=O)COc3ccccc3)CC1)CC(=O)N1CCC(CC1)N1C[C@@H](NC3CCC(F)(F)CC3)C[C@H]1C(=O)N1CCC2CC1. The maximum absolute atomic E-state index is 14.4. The van der Waals surface area contributed by atoms with Crippen LogP contribution in [0.15, 0.2) is 30.3 Å². The van der Waals surface area contributed by atoms with E-state index < -0.39 is 11.5 Å². The first-order valence-corrected chi connectivity index (χ1v) is 21.9. The molecule has 2 N–H and O–H groups in total. The predicted octanol–water partition coefficient (Wildman–Crippen LogP) is 4.26. The minimum Gasteiger partial charge on any atom is -0.484 e. The molecule has 57 heavy (non-hydrogen) atoms. The molecule has 1 saturated carbocycles. The molecular formula is C42H57F2N7O5S. The maximum atomic E-state index is 14.4. The highest BCUT2D eigenvalue weighted by molar-refractivity contribution is 7.11. The summed E-state index contributed by atoms with van der Waals surface area (Å²) in [7, 11) is 0. The molecule has 8 aliphatic rings. The van der Waals surface area contributed by atoms with Crippen molar-refractivity contribution in [3.05, 3.63) is 45.9 Å². The molecule has 1 aliphatic carbocycles. The monoisotopic (exact) mass is 809 g/mol. The number of hydrogen-bond donors (Lipinski definition) is 2. The second-order valence-electron chi connectivity index (χ2n) is 17.4. The smallest absolute Gasteiger partial charge is 0.260 e. The summed E-state index contributed by atoms with van der Waals surface area (Å²) in [6.07, 6.45) is 5.55. The number of nitrogens with zero attached hydrogens (tertiary/aromatic N) is 5. The second kappa shape index (κ2) is 16.9. The van der Waals surface area contributed by atoms with Gasteiger partial charge in [-0.15, -0.1) is 11.3 Å². The van der Waals surface area contributed by atoms with E-state index >= 15 is 0 Å². The van der Waals surface area contributed by atoms with Crippen molar-refractivity contribution in [1.82, 2.24) is 35.2 Å². The van der Waals surface area contributed by atoms with E-state index in [9.17, 15) is 28.0 Å². The Morgan fingerprint density at radius 1 is 0.912 bits per heavy atom. The van der Waals surface area contributed by atoms with Crippen LogP contribution in [0.3, 0.4) is 0 Å². The van der Waals surface area contributed by atoms with E-state index in [0.717, 1.165) is 41.3 Å². The van der Waals surface area contributed by atoms with Crippen LogP contribution in [0.1, 0.15) is 98.5 Å². The highest BCUT2D eigenvalue weighted by atomic mass is 32.1. The van der Waals surface area contributed by atoms with Crippen LogP contribution >= 0.6 is 11.3 Å². The number of benzene rings is 1. The average Bonchev–Trinajstić information content (AvgIpc) is 3.80. The summed E-state index contributed by atoms with van der Waals surface area (Å²) in [5.74, 6) is -1.94. The van der Waals surface area contributed by atoms with Crippen LogP contribution in [0.25, 0.3) is 0 Å². The standard InChI is InChI=1S/C42H57F2N7O5S/c1-28-34-24-36(52)47-41(15-21-49(22-16-41)38(54)27-56-33-5-3-2-4-6-33)25-37(53)48-19-11-32(12-20-48)51-26-31(45-30-7-13-42(43,44)14-8-30)23-35(51)40(55)50-17-9-29(10-18-50)39(46-34)57-28/h2-6,29-32,35,45H,7-27H2,1H3,(H,47,52)/t31-,35-/m0/s1. The fraction of sp³-hybridized carbons (Fsp3) is 0.690. The van der Waals surface area contributed by atoms with Crippen LogP contribution < -0.4 is 15.4 Å². The zero-order valence-corrected chi connectivity index (χ0v) is 33.9. The number of carbonyl (C=O) groups excluding carboxylic acids is 4. The third-order valence-corrected chi connectivity index (χ3v) is 14.7. The lowest BCUT2D eigenvalue weighted by Gasteiger charge is -2.44. The fourth-order valence-corrected chi connectivity index (χ4v) is 11.2. The number of hydrogen-bond acceptors (Lipinski definition) is 9. The molecule has 2 aromatic rings. The van der Waals surface area contributed by atoms with Gasteiger partial charge in [-0.25, -0.2) is 13.8 Å². The number of para-hydroxylation sites is 1. The number of aryl methyl sites for hydroxylation is 1. The van der Waals surface area contributed by atoms with Gasteiger partial charge in [-0.2, -0.15) is 0 Å². The quantitative estimate of drug-likeness (QED) is 0.459. The van der Waals surface area contributed by atoms with Crippen LogP contribution in [0.5, 0.6) is 5.75 Å². The molecule has 0 radical (unpaired) electrons. The lowest BCUT2D eigenvalue weighted by atomic mass is 9.83. The Kier molecular flexibility index (Phi) is 11.9. The van der Waals surface area contributed by atoms with E-state index in [1.807, 2.05) is 47.1 Å². The number of rotatable bonds is 5. The zero-order chi connectivity index (χ0) is 39.7. The molecule has 5 fully saturated rings. The van der Waals surface area contributed by atoms with Crippen molar-refractivity contribution in [2.75, 3.05) is 52.4 Å². The third-order valence-electron chi connectivity index (χ3n) is 13.6. The van der Waals surface area contributed by atoms with Gasteiger partial charge in [0.2, 0.25) is 23.6 Å². The van der Waals surface area contributed by atoms with E-state index in [1.165, 1.54) is 0 Å². The van der Waals surface area contributed by atoms with Crippen molar-refractivity contribution in [3.63, 3.8) is 0 Å².